The molecule has 0 saturated heterocycles. The van der Waals surface area contributed by atoms with Crippen LogP contribution in [0.4, 0.5) is 0 Å². The van der Waals surface area contributed by atoms with Gasteiger partial charge in [0.15, 0.2) is 0 Å². The average Bonchev–Trinajstić information content (AvgIpc) is 3.42. The molecule has 0 bridgehead atoms. The van der Waals surface area contributed by atoms with E-state index in [0.717, 1.165) is 18.4 Å². The van der Waals surface area contributed by atoms with Gasteiger partial charge in [0.05, 0.1) is 11.4 Å². The number of nitrogens with one attached hydrogen (secondary N) is 2. The van der Waals surface area contributed by atoms with Crippen LogP contribution in [0, 0.1) is 18.3 Å². The van der Waals surface area contributed by atoms with E-state index in [4.69, 9.17) is 5.41 Å². The van der Waals surface area contributed by atoms with Crippen LogP contribution in [0.3, 0.4) is 0 Å². The number of carbonyl (C=O) groups excluding carboxylic acids is 1. The number of hydrogen-bond acceptors (Lipinski definition) is 5. The highest BCUT2D eigenvalue weighted by Crippen LogP contribution is 2.39. The van der Waals surface area contributed by atoms with E-state index in [1.165, 1.54) is 0 Å². The first-order valence-corrected chi connectivity index (χ1v) is 8.78. The Kier molecular flexibility index (Phi) is 4.64. The second kappa shape index (κ2) is 6.59. The molecule has 5 nitrogen and oxygen atoms in total. The third kappa shape index (κ3) is 3.74. The van der Waals surface area contributed by atoms with E-state index >= 15 is 0 Å². The first-order valence-electron chi connectivity index (χ1n) is 8.33. The van der Waals surface area contributed by atoms with Gasteiger partial charge in [-0.25, -0.2) is 4.98 Å². The van der Waals surface area contributed by atoms with Crippen LogP contribution in [0.2, 0.25) is 0 Å². The first kappa shape index (κ1) is 17.6. The molecule has 0 spiro atoms. The van der Waals surface area contributed by atoms with Gasteiger partial charge in [-0.05, 0) is 63.3 Å². The van der Waals surface area contributed by atoms with Gasteiger partial charge in [-0.15, -0.1) is 12.6 Å². The lowest BCUT2D eigenvalue weighted by atomic mass is 9.98. The highest BCUT2D eigenvalue weighted by Gasteiger charge is 2.39. The summed E-state index contributed by atoms with van der Waals surface area (Å²) >= 11 is 4.47. The molecule has 1 fully saturated rings. The van der Waals surface area contributed by atoms with Crippen molar-refractivity contribution in [2.24, 2.45) is 5.92 Å². The lowest BCUT2D eigenvalue weighted by molar-refractivity contribution is -0.116. The van der Waals surface area contributed by atoms with Crippen LogP contribution in [-0.4, -0.2) is 27.1 Å². The summed E-state index contributed by atoms with van der Waals surface area (Å²) in [6.45, 7) is 5.89. The number of aryl methyl sites for hydroxylation is 1. The molecule has 0 radical (unpaired) electrons. The van der Waals surface area contributed by atoms with Crippen molar-refractivity contribution in [1.82, 2.24) is 15.3 Å². The zero-order valence-electron chi connectivity index (χ0n) is 14.6. The summed E-state index contributed by atoms with van der Waals surface area (Å²) in [6, 6.07) is 7.43. The lowest BCUT2D eigenvalue weighted by Crippen LogP contribution is -2.48. The molecule has 1 aliphatic rings. The van der Waals surface area contributed by atoms with Crippen molar-refractivity contribution < 1.29 is 4.79 Å². The maximum absolute atomic E-state index is 12.6. The van der Waals surface area contributed by atoms with Crippen LogP contribution in [0.1, 0.15) is 37.9 Å². The summed E-state index contributed by atoms with van der Waals surface area (Å²) in [5.41, 5.74) is 1.99. The highest BCUT2D eigenvalue weighted by molar-refractivity contribution is 7.80. The van der Waals surface area contributed by atoms with E-state index in [1.807, 2.05) is 45.0 Å². The fraction of sp³-hybridized carbons (Fsp3) is 0.368. The maximum atomic E-state index is 12.6. The second-order valence-corrected chi connectivity index (χ2v) is 7.51. The normalized spacial score (nSPS) is 14.2. The largest absolute Gasteiger partial charge is 0.345 e. The van der Waals surface area contributed by atoms with Crippen molar-refractivity contribution in [2.75, 3.05) is 0 Å². The second-order valence-electron chi connectivity index (χ2n) is 7.06. The predicted octanol–water partition coefficient (Wildman–Crippen LogP) is 3.41. The van der Waals surface area contributed by atoms with Gasteiger partial charge in [0.25, 0.3) is 5.91 Å². The number of amides is 1. The number of carbonyl (C=O) groups is 1. The van der Waals surface area contributed by atoms with Crippen LogP contribution >= 0.6 is 12.6 Å². The van der Waals surface area contributed by atoms with E-state index in [0.29, 0.717) is 22.2 Å². The van der Waals surface area contributed by atoms with E-state index in [9.17, 15) is 4.79 Å². The Morgan fingerprint density at radius 1 is 1.32 bits per heavy atom. The van der Waals surface area contributed by atoms with Gasteiger partial charge in [-0.2, -0.15) is 0 Å². The Labute approximate surface area is 153 Å². The summed E-state index contributed by atoms with van der Waals surface area (Å²) in [7, 11) is 0. The van der Waals surface area contributed by atoms with Crippen molar-refractivity contribution >= 4 is 24.2 Å². The van der Waals surface area contributed by atoms with Crippen molar-refractivity contribution in [3.63, 3.8) is 0 Å². The number of thiol groups is 1. The summed E-state index contributed by atoms with van der Waals surface area (Å²) in [5, 5.41) is 11.3. The van der Waals surface area contributed by atoms with E-state index in [2.05, 4.69) is 27.9 Å². The topological polar surface area (TPSA) is 78.7 Å². The number of rotatable bonds is 5. The monoisotopic (exact) mass is 354 g/mol. The summed E-state index contributed by atoms with van der Waals surface area (Å²) < 4.78 is 0. The van der Waals surface area contributed by atoms with Crippen molar-refractivity contribution in [2.45, 2.75) is 44.0 Å². The highest BCUT2D eigenvalue weighted by atomic mass is 32.1. The molecule has 25 heavy (non-hydrogen) atoms. The fourth-order valence-electron chi connectivity index (χ4n) is 2.86. The quantitative estimate of drug-likeness (QED) is 0.569. The van der Waals surface area contributed by atoms with Gasteiger partial charge < -0.3 is 5.32 Å². The third-order valence-electron chi connectivity index (χ3n) is 4.61. The summed E-state index contributed by atoms with van der Waals surface area (Å²) in [5.74, 6) is 0.0616. The van der Waals surface area contributed by atoms with Gasteiger partial charge in [-0.1, -0.05) is 6.07 Å². The SMILES string of the molecule is Cc1cc(-c2ccccn2)nc(C(=N)C(=O)NC(C)(C)C2CC2)c1S. The zero-order chi connectivity index (χ0) is 18.2. The van der Waals surface area contributed by atoms with Crippen molar-refractivity contribution in [3.05, 3.63) is 41.7 Å². The zero-order valence-corrected chi connectivity index (χ0v) is 15.5. The number of aromatic nitrogens is 2. The molecule has 1 aliphatic carbocycles. The molecule has 1 amide bonds. The molecule has 2 N–H and O–H groups in total. The first-order chi connectivity index (χ1) is 11.8. The van der Waals surface area contributed by atoms with Gasteiger partial charge in [0.1, 0.15) is 11.4 Å². The van der Waals surface area contributed by atoms with Crippen LogP contribution in [0.5, 0.6) is 0 Å². The minimum absolute atomic E-state index is 0.167. The Balaban J connectivity index is 1.91. The minimum Gasteiger partial charge on any atom is -0.345 e. The molecular weight excluding hydrogens is 332 g/mol. The molecule has 2 heterocycles. The van der Waals surface area contributed by atoms with Gasteiger partial charge in [-0.3, -0.25) is 15.2 Å². The summed E-state index contributed by atoms with van der Waals surface area (Å²) in [6.07, 6.45) is 3.92. The Morgan fingerprint density at radius 2 is 2.04 bits per heavy atom. The van der Waals surface area contributed by atoms with E-state index in [1.54, 1.807) is 6.20 Å². The molecule has 0 aromatic carbocycles. The fourth-order valence-corrected chi connectivity index (χ4v) is 3.08. The molecule has 2 aromatic heterocycles. The predicted molar refractivity (Wildman–Crippen MR) is 101 cm³/mol. The third-order valence-corrected chi connectivity index (χ3v) is 5.17. The molecule has 2 aromatic rings. The van der Waals surface area contributed by atoms with Crippen molar-refractivity contribution in [1.29, 1.82) is 5.41 Å². The molecular formula is C19H22N4OS. The molecule has 130 valence electrons. The van der Waals surface area contributed by atoms with Gasteiger partial charge >= 0.3 is 0 Å². The number of hydrogen-bond donors (Lipinski definition) is 3. The van der Waals surface area contributed by atoms with Crippen molar-refractivity contribution in [3.8, 4) is 11.4 Å². The van der Waals surface area contributed by atoms with Crippen LogP contribution < -0.4 is 5.32 Å². The molecule has 0 atom stereocenters. The molecule has 6 heteroatoms. The average molecular weight is 354 g/mol. The minimum atomic E-state index is -0.419. The van der Waals surface area contributed by atoms with Crippen LogP contribution in [0.15, 0.2) is 35.4 Å². The van der Waals surface area contributed by atoms with Crippen LogP contribution in [0.25, 0.3) is 11.4 Å². The van der Waals surface area contributed by atoms with Crippen LogP contribution in [-0.2, 0) is 4.79 Å². The number of pyridine rings is 2. The standard InChI is InChI=1S/C19H22N4OS/c1-11-10-14(13-6-4-5-9-21-13)22-16(17(11)25)15(20)18(24)23-19(2,3)12-7-8-12/h4-6,9-10,12,20,25H,7-8H2,1-3H3,(H,23,24). The Morgan fingerprint density at radius 3 is 2.64 bits per heavy atom. The van der Waals surface area contributed by atoms with Gasteiger partial charge in [0, 0.05) is 16.6 Å². The van der Waals surface area contributed by atoms with Gasteiger partial charge in [0.2, 0.25) is 0 Å². The molecule has 0 unspecified atom stereocenters. The lowest BCUT2D eigenvalue weighted by Gasteiger charge is -2.26. The number of nitrogens with zero attached hydrogens (tertiary/aromatic N) is 2. The summed E-state index contributed by atoms with van der Waals surface area (Å²) in [4.78, 5) is 21.9. The Hall–Kier alpha value is -2.21. The van der Waals surface area contributed by atoms with E-state index in [-0.39, 0.29) is 16.9 Å². The smallest absolute Gasteiger partial charge is 0.271 e. The molecule has 1 saturated carbocycles. The molecule has 3 rings (SSSR count). The maximum Gasteiger partial charge on any atom is 0.271 e. The Bertz CT molecular complexity index is 829. The van der Waals surface area contributed by atoms with E-state index < -0.39 is 5.91 Å². The molecule has 0 aliphatic heterocycles.